The van der Waals surface area contributed by atoms with Gasteiger partial charge in [-0.25, -0.2) is 9.59 Å². The fourth-order valence-electron chi connectivity index (χ4n) is 1.94. The van der Waals surface area contributed by atoms with Crippen molar-refractivity contribution in [3.8, 4) is 17.2 Å². The van der Waals surface area contributed by atoms with E-state index in [1.807, 2.05) is 6.07 Å². The highest BCUT2D eigenvalue weighted by atomic mass is 16.5. The molecule has 0 saturated carbocycles. The van der Waals surface area contributed by atoms with Gasteiger partial charge < -0.3 is 20.1 Å². The quantitative estimate of drug-likeness (QED) is 0.490. The molecule has 0 bridgehead atoms. The van der Waals surface area contributed by atoms with Crippen molar-refractivity contribution in [2.75, 3.05) is 0 Å². The third kappa shape index (κ3) is 5.38. The van der Waals surface area contributed by atoms with Gasteiger partial charge in [0.2, 0.25) is 0 Å². The van der Waals surface area contributed by atoms with Crippen LogP contribution in [-0.4, -0.2) is 27.3 Å². The Labute approximate surface area is 149 Å². The molecule has 0 radical (unpaired) electrons. The third-order valence-electron chi connectivity index (χ3n) is 3.17. The van der Waals surface area contributed by atoms with E-state index in [-0.39, 0.29) is 17.1 Å². The van der Waals surface area contributed by atoms with Gasteiger partial charge in [-0.1, -0.05) is 36.4 Å². The number of carboxylic acid groups (broad SMARTS) is 1. The fraction of sp³-hybridized carbons (Fsp3) is 0. The second kappa shape index (κ2) is 8.89. The van der Waals surface area contributed by atoms with E-state index < -0.39 is 11.9 Å². The number of aromatic hydroxyl groups is 2. The van der Waals surface area contributed by atoms with Crippen LogP contribution >= 0.6 is 0 Å². The van der Waals surface area contributed by atoms with Gasteiger partial charge in [-0.05, 0) is 36.4 Å². The van der Waals surface area contributed by atoms with Gasteiger partial charge in [0.05, 0.1) is 5.56 Å². The van der Waals surface area contributed by atoms with Crippen LogP contribution < -0.4 is 4.74 Å². The lowest BCUT2D eigenvalue weighted by Gasteiger charge is -2.04. The van der Waals surface area contributed by atoms with Crippen molar-refractivity contribution in [2.24, 2.45) is 0 Å². The molecule has 0 fully saturated rings. The van der Waals surface area contributed by atoms with Crippen LogP contribution in [0.5, 0.6) is 17.2 Å². The van der Waals surface area contributed by atoms with Gasteiger partial charge in [-0.3, -0.25) is 0 Å². The molecule has 3 aromatic rings. The Morgan fingerprint density at radius 2 is 1.42 bits per heavy atom. The molecular weight excluding hydrogens is 336 g/mol. The summed E-state index contributed by atoms with van der Waals surface area (Å²) in [6.45, 7) is 0. The van der Waals surface area contributed by atoms with Crippen LogP contribution in [0.3, 0.4) is 0 Å². The first kappa shape index (κ1) is 18.5. The van der Waals surface area contributed by atoms with Gasteiger partial charge in [0.25, 0.3) is 0 Å². The Bertz CT molecular complexity index is 890. The third-order valence-corrected chi connectivity index (χ3v) is 3.17. The molecule has 3 rings (SSSR count). The molecule has 0 spiro atoms. The Balaban J connectivity index is 0.000000209. The number of phenolic OH excluding ortho intramolecular Hbond substituents is 1. The van der Waals surface area contributed by atoms with Crippen molar-refractivity contribution in [1.82, 2.24) is 0 Å². The van der Waals surface area contributed by atoms with Gasteiger partial charge in [0, 0.05) is 6.07 Å². The molecule has 0 unspecified atom stereocenters. The molecular formula is C20H16O6. The minimum Gasteiger partial charge on any atom is -0.508 e. The van der Waals surface area contributed by atoms with Crippen LogP contribution in [-0.2, 0) is 0 Å². The van der Waals surface area contributed by atoms with Crippen LogP contribution in [0.2, 0.25) is 0 Å². The minimum absolute atomic E-state index is 0.0671. The first-order valence-electron chi connectivity index (χ1n) is 7.55. The van der Waals surface area contributed by atoms with Crippen molar-refractivity contribution in [1.29, 1.82) is 0 Å². The first-order valence-corrected chi connectivity index (χ1v) is 7.55. The SMILES string of the molecule is O=C(O)c1ccccc1O.O=C(Oc1cccc(O)c1)c1ccccc1. The lowest BCUT2D eigenvalue weighted by Crippen LogP contribution is -2.07. The van der Waals surface area contributed by atoms with E-state index in [0.717, 1.165) is 0 Å². The monoisotopic (exact) mass is 352 g/mol. The number of hydrogen-bond acceptors (Lipinski definition) is 5. The minimum atomic E-state index is -1.11. The van der Waals surface area contributed by atoms with Gasteiger partial charge in [0.15, 0.2) is 0 Å². The molecule has 0 aliphatic heterocycles. The summed E-state index contributed by atoms with van der Waals surface area (Å²) >= 11 is 0. The Kier molecular flexibility index (Phi) is 6.34. The summed E-state index contributed by atoms with van der Waals surface area (Å²) in [4.78, 5) is 21.9. The normalized spacial score (nSPS) is 9.54. The van der Waals surface area contributed by atoms with Gasteiger partial charge in [-0.2, -0.15) is 0 Å². The van der Waals surface area contributed by atoms with Gasteiger partial charge >= 0.3 is 11.9 Å². The highest BCUT2D eigenvalue weighted by Gasteiger charge is 2.07. The number of benzene rings is 3. The molecule has 0 saturated heterocycles. The van der Waals surface area contributed by atoms with E-state index in [1.165, 1.54) is 24.3 Å². The fourth-order valence-corrected chi connectivity index (χ4v) is 1.94. The van der Waals surface area contributed by atoms with Crippen LogP contribution in [0, 0.1) is 0 Å². The molecule has 0 aromatic heterocycles. The lowest BCUT2D eigenvalue weighted by atomic mass is 10.2. The topological polar surface area (TPSA) is 104 Å². The lowest BCUT2D eigenvalue weighted by molar-refractivity contribution is 0.0691. The number of para-hydroxylation sites is 1. The Hall–Kier alpha value is -3.80. The molecule has 0 atom stereocenters. The molecule has 0 amide bonds. The zero-order valence-corrected chi connectivity index (χ0v) is 13.6. The van der Waals surface area contributed by atoms with E-state index >= 15 is 0 Å². The average Bonchev–Trinajstić information content (AvgIpc) is 2.63. The maximum absolute atomic E-state index is 11.6. The number of phenols is 2. The predicted octanol–water partition coefficient (Wildman–Crippen LogP) is 3.70. The molecule has 132 valence electrons. The number of rotatable bonds is 3. The van der Waals surface area contributed by atoms with Crippen molar-refractivity contribution in [3.05, 3.63) is 90.0 Å². The maximum Gasteiger partial charge on any atom is 0.343 e. The summed E-state index contributed by atoms with van der Waals surface area (Å²) in [5, 5.41) is 26.5. The van der Waals surface area contributed by atoms with E-state index in [9.17, 15) is 14.7 Å². The van der Waals surface area contributed by atoms with Crippen LogP contribution in [0.4, 0.5) is 0 Å². The second-order valence-electron chi connectivity index (χ2n) is 5.08. The standard InChI is InChI=1S/C13H10O3.C7H6O3/c14-11-7-4-8-12(9-11)16-13(15)10-5-2-1-3-6-10;8-6-4-2-1-3-5(6)7(9)10/h1-9,14H;1-4,8H,(H,9,10). The Morgan fingerprint density at radius 3 is 2.00 bits per heavy atom. The van der Waals surface area contributed by atoms with E-state index in [4.69, 9.17) is 14.9 Å². The average molecular weight is 352 g/mol. The summed E-state index contributed by atoms with van der Waals surface area (Å²) in [5.74, 6) is -1.36. The number of carboxylic acids is 1. The van der Waals surface area contributed by atoms with Crippen molar-refractivity contribution >= 4 is 11.9 Å². The molecule has 6 heteroatoms. The summed E-state index contributed by atoms with van der Waals surface area (Å²) in [6, 6.07) is 20.6. The second-order valence-corrected chi connectivity index (χ2v) is 5.08. The maximum atomic E-state index is 11.6. The van der Waals surface area contributed by atoms with Crippen LogP contribution in [0.15, 0.2) is 78.9 Å². The zero-order valence-electron chi connectivity index (χ0n) is 13.6. The Morgan fingerprint density at radius 1 is 0.769 bits per heavy atom. The van der Waals surface area contributed by atoms with E-state index in [2.05, 4.69) is 0 Å². The number of aromatic carboxylic acids is 1. The van der Waals surface area contributed by atoms with Gasteiger partial charge in [-0.15, -0.1) is 0 Å². The van der Waals surface area contributed by atoms with E-state index in [1.54, 1.807) is 48.5 Å². The van der Waals surface area contributed by atoms with Crippen molar-refractivity contribution < 1.29 is 29.6 Å². The van der Waals surface area contributed by atoms with E-state index in [0.29, 0.717) is 11.3 Å². The smallest absolute Gasteiger partial charge is 0.343 e. The van der Waals surface area contributed by atoms with Crippen molar-refractivity contribution in [2.45, 2.75) is 0 Å². The molecule has 0 heterocycles. The summed E-state index contributed by atoms with van der Waals surface area (Å²) in [7, 11) is 0. The zero-order chi connectivity index (χ0) is 18.9. The largest absolute Gasteiger partial charge is 0.508 e. The number of esters is 1. The van der Waals surface area contributed by atoms with Gasteiger partial charge in [0.1, 0.15) is 22.8 Å². The summed E-state index contributed by atoms with van der Waals surface area (Å²) in [5.41, 5.74) is 0.411. The molecule has 6 nitrogen and oxygen atoms in total. The number of ether oxygens (including phenoxy) is 1. The van der Waals surface area contributed by atoms with Crippen LogP contribution in [0.25, 0.3) is 0 Å². The van der Waals surface area contributed by atoms with Crippen molar-refractivity contribution in [3.63, 3.8) is 0 Å². The summed E-state index contributed by atoms with van der Waals surface area (Å²) in [6.07, 6.45) is 0. The number of carbonyl (C=O) groups excluding carboxylic acids is 1. The van der Waals surface area contributed by atoms with Crippen LogP contribution in [0.1, 0.15) is 20.7 Å². The molecule has 0 aliphatic rings. The molecule has 26 heavy (non-hydrogen) atoms. The number of hydrogen-bond donors (Lipinski definition) is 3. The summed E-state index contributed by atoms with van der Waals surface area (Å²) < 4.78 is 5.08. The first-order chi connectivity index (χ1) is 12.5. The molecule has 3 N–H and O–H groups in total. The predicted molar refractivity (Wildman–Crippen MR) is 94.6 cm³/mol. The highest BCUT2D eigenvalue weighted by molar-refractivity contribution is 5.91. The molecule has 3 aromatic carbocycles. The highest BCUT2D eigenvalue weighted by Crippen LogP contribution is 2.18. The molecule has 0 aliphatic carbocycles. The number of carbonyl (C=O) groups is 2.